The zero-order valence-electron chi connectivity index (χ0n) is 9.82. The van der Waals surface area contributed by atoms with Crippen molar-refractivity contribution >= 4 is 10.4 Å². The molecule has 4 nitrogen and oxygen atoms in total. The van der Waals surface area contributed by atoms with E-state index < -0.39 is 34.6 Å². The molecule has 17 heteroatoms. The molecule has 0 rings (SSSR count). The van der Waals surface area contributed by atoms with E-state index in [1.165, 1.54) is 0 Å². The first-order valence-electron chi connectivity index (χ1n) is 3.31. The van der Waals surface area contributed by atoms with Crippen LogP contribution in [0.1, 0.15) is 0 Å². The van der Waals surface area contributed by atoms with Crippen LogP contribution < -0.4 is 37.7 Å². The maximum atomic E-state index is 11.6. The average molecular weight is 348 g/mol. The van der Waals surface area contributed by atoms with Gasteiger partial charge in [-0.1, -0.05) is 0 Å². The van der Waals surface area contributed by atoms with Gasteiger partial charge in [0.25, 0.3) is 0 Å². The van der Waals surface area contributed by atoms with Gasteiger partial charge in [-0.15, -0.1) is 0 Å². The topological polar surface area (TPSA) is 80.3 Å². The maximum Gasteiger partial charge on any atom is 1.00 e. The van der Waals surface area contributed by atoms with Crippen LogP contribution in [-0.4, -0.2) is 41.7 Å². The molecule has 0 aliphatic carbocycles. The largest absolute Gasteiger partial charge is 1.00 e. The second-order valence-electron chi connectivity index (χ2n) is 2.55. The fourth-order valence-electron chi connectivity index (χ4n) is 0.356. The molecule has 0 aromatic rings. The van der Waals surface area contributed by atoms with Crippen molar-refractivity contribution in [1.29, 1.82) is 0 Å². The summed E-state index contributed by atoms with van der Waals surface area (Å²) in [6.07, 6.45) is -13.9. The molecule has 0 aliphatic heterocycles. The molecule has 0 aliphatic rings. The SMILES string of the molecule is FC(F)(F)C(F)(F)C(F)(F)C(F)(F)F.O=S(=O)([O-])[O-].[Li+].[Li+]. The van der Waals surface area contributed by atoms with Crippen molar-refractivity contribution in [2.45, 2.75) is 24.2 Å². The first kappa shape index (κ1) is 29.4. The summed E-state index contributed by atoms with van der Waals surface area (Å²) in [5, 5.41) is 0. The van der Waals surface area contributed by atoms with Crippen LogP contribution in [0.4, 0.5) is 43.9 Å². The third-order valence-corrected chi connectivity index (χ3v) is 1.11. The van der Waals surface area contributed by atoms with Crippen LogP contribution in [0, 0.1) is 0 Å². The van der Waals surface area contributed by atoms with E-state index in [0.717, 1.165) is 0 Å². The molecule has 0 saturated carbocycles. The third-order valence-electron chi connectivity index (χ3n) is 1.11. The first-order valence-corrected chi connectivity index (χ1v) is 4.64. The normalized spacial score (nSPS) is 13.3. The maximum absolute atomic E-state index is 11.6. The molecular weight excluding hydrogens is 348 g/mol. The summed E-state index contributed by atoms with van der Waals surface area (Å²) >= 11 is 0. The molecule has 0 radical (unpaired) electrons. The van der Waals surface area contributed by atoms with Crippen molar-refractivity contribution in [3.8, 4) is 0 Å². The predicted molar refractivity (Wildman–Crippen MR) is 32.5 cm³/mol. The van der Waals surface area contributed by atoms with E-state index in [1.54, 1.807) is 0 Å². The average Bonchev–Trinajstić information content (AvgIpc) is 1.95. The van der Waals surface area contributed by atoms with Gasteiger partial charge in [-0.3, -0.25) is 8.42 Å². The molecule has 118 valence electrons. The Bertz CT molecular complexity index is 368. The van der Waals surface area contributed by atoms with E-state index in [-0.39, 0.29) is 37.7 Å². The Kier molecular flexibility index (Phi) is 11.6. The zero-order valence-corrected chi connectivity index (χ0v) is 10.6. The van der Waals surface area contributed by atoms with E-state index in [1.807, 2.05) is 0 Å². The van der Waals surface area contributed by atoms with Crippen LogP contribution in [-0.2, 0) is 10.4 Å². The Balaban J connectivity index is -0.000000179. The number of hydrogen-bond acceptors (Lipinski definition) is 4. The molecule has 0 atom stereocenters. The molecule has 0 aromatic heterocycles. The third kappa shape index (κ3) is 9.17. The van der Waals surface area contributed by atoms with E-state index in [0.29, 0.717) is 0 Å². The van der Waals surface area contributed by atoms with Crippen LogP contribution >= 0.6 is 0 Å². The van der Waals surface area contributed by atoms with Gasteiger partial charge in [-0.25, -0.2) is 0 Å². The number of hydrogen-bond donors (Lipinski definition) is 0. The number of halogens is 10. The fourth-order valence-corrected chi connectivity index (χ4v) is 0.356. The Morgan fingerprint density at radius 1 is 0.571 bits per heavy atom. The Labute approximate surface area is 134 Å². The smallest absolute Gasteiger partial charge is 0.759 e. The van der Waals surface area contributed by atoms with Crippen LogP contribution in [0.15, 0.2) is 0 Å². The second-order valence-corrected chi connectivity index (χ2v) is 3.37. The number of rotatable bonds is 1. The minimum Gasteiger partial charge on any atom is -0.759 e. The minimum atomic E-state index is -7.14. The molecule has 0 aromatic carbocycles. The summed E-state index contributed by atoms with van der Waals surface area (Å²) in [4.78, 5) is 0. The van der Waals surface area contributed by atoms with Crippen LogP contribution in [0.25, 0.3) is 0 Å². The Hall–Kier alpha value is 0.365. The van der Waals surface area contributed by atoms with E-state index in [9.17, 15) is 43.9 Å². The molecule has 0 saturated heterocycles. The summed E-state index contributed by atoms with van der Waals surface area (Å²) in [5.74, 6) is -14.3. The van der Waals surface area contributed by atoms with Gasteiger partial charge in [0.15, 0.2) is 0 Å². The van der Waals surface area contributed by atoms with Crippen molar-refractivity contribution in [2.24, 2.45) is 0 Å². The predicted octanol–water partition coefficient (Wildman–Crippen LogP) is -3.95. The summed E-state index contributed by atoms with van der Waals surface area (Å²) in [7, 11) is -5.17. The van der Waals surface area contributed by atoms with E-state index >= 15 is 0 Å². The van der Waals surface area contributed by atoms with Crippen molar-refractivity contribution in [3.63, 3.8) is 0 Å². The van der Waals surface area contributed by atoms with Gasteiger partial charge in [-0.05, 0) is 0 Å². The number of alkyl halides is 10. The molecule has 0 fully saturated rings. The Morgan fingerprint density at radius 3 is 0.714 bits per heavy atom. The molecule has 0 N–H and O–H groups in total. The standard InChI is InChI=1S/C4F10.2Li.H2O4S/c5-1(6,3(9,10)11)2(7,8)4(12,13)14;;;1-5(2,3)4/h;;;(H2,1,2,3,4)/q;2*+1;/p-2. The first-order chi connectivity index (χ1) is 7.75. The Morgan fingerprint density at radius 2 is 0.667 bits per heavy atom. The van der Waals surface area contributed by atoms with Crippen molar-refractivity contribution in [2.75, 3.05) is 0 Å². The molecule has 0 bridgehead atoms. The minimum absolute atomic E-state index is 0. The van der Waals surface area contributed by atoms with Crippen LogP contribution in [0.3, 0.4) is 0 Å². The van der Waals surface area contributed by atoms with Crippen LogP contribution in [0.5, 0.6) is 0 Å². The van der Waals surface area contributed by atoms with E-state index in [2.05, 4.69) is 0 Å². The summed E-state index contributed by atoms with van der Waals surface area (Å²) in [6.45, 7) is 0. The molecule has 0 heterocycles. The van der Waals surface area contributed by atoms with Gasteiger partial charge in [0.1, 0.15) is 0 Å². The van der Waals surface area contributed by atoms with Crippen molar-refractivity contribution in [1.82, 2.24) is 0 Å². The van der Waals surface area contributed by atoms with Crippen molar-refractivity contribution in [3.05, 3.63) is 0 Å². The quantitative estimate of drug-likeness (QED) is 0.210. The molecule has 0 spiro atoms. The molecule has 0 amide bonds. The molecule has 0 unspecified atom stereocenters. The molecule has 21 heavy (non-hydrogen) atoms. The summed E-state index contributed by atoms with van der Waals surface area (Å²) in [6, 6.07) is 0. The van der Waals surface area contributed by atoms with Crippen molar-refractivity contribution < 1.29 is 99.1 Å². The van der Waals surface area contributed by atoms with Gasteiger partial charge in [0.05, 0.1) is 0 Å². The fraction of sp³-hybridized carbons (Fsp3) is 1.00. The summed E-state index contributed by atoms with van der Waals surface area (Å²) < 4.78 is 147. The second kappa shape index (κ2) is 8.28. The monoisotopic (exact) mass is 348 g/mol. The van der Waals surface area contributed by atoms with Crippen LogP contribution in [0.2, 0.25) is 0 Å². The van der Waals surface area contributed by atoms with Gasteiger partial charge in [-0.2, -0.15) is 43.9 Å². The van der Waals surface area contributed by atoms with Gasteiger partial charge in [0, 0.05) is 10.4 Å². The van der Waals surface area contributed by atoms with Gasteiger partial charge < -0.3 is 9.11 Å². The molecular formula is C4F10Li2O4S. The zero-order chi connectivity index (χ0) is 16.5. The van der Waals surface area contributed by atoms with E-state index in [4.69, 9.17) is 17.5 Å². The summed E-state index contributed by atoms with van der Waals surface area (Å²) in [5.41, 5.74) is 0. The van der Waals surface area contributed by atoms with Gasteiger partial charge >= 0.3 is 61.9 Å². The van der Waals surface area contributed by atoms with Gasteiger partial charge in [0.2, 0.25) is 0 Å².